The molecular formula is C52H65N3O6. The van der Waals surface area contributed by atoms with Crippen molar-refractivity contribution in [3.63, 3.8) is 0 Å². The minimum Gasteiger partial charge on any atom is -0.504 e. The Labute approximate surface area is 362 Å². The lowest BCUT2D eigenvalue weighted by atomic mass is 9.58. The molecule has 4 fully saturated rings. The molecule has 0 bridgehead atoms. The maximum absolute atomic E-state index is 14.4. The SMILES string of the molecule is COc1cc2c(cc1O)C(CCC(O)CC(C=Cc1ccccc1)c1ccnc(N)c1)C#CC1(CCC(CC3(C4CNC5CC(=O)CCC5C4)CCCC3)CC1O)C(=O)CC2. The van der Waals surface area contributed by atoms with E-state index in [1.165, 1.54) is 39.2 Å². The van der Waals surface area contributed by atoms with Crippen LogP contribution in [0.1, 0.15) is 137 Å². The number of methoxy groups -OCH3 is 1. The van der Waals surface area contributed by atoms with Crippen LogP contribution in [0.25, 0.3) is 6.08 Å². The van der Waals surface area contributed by atoms with Crippen molar-refractivity contribution in [2.75, 3.05) is 19.4 Å². The number of hydrogen-bond acceptors (Lipinski definition) is 9. The number of nitrogens with two attached hydrogens (primary N) is 1. The van der Waals surface area contributed by atoms with Crippen molar-refractivity contribution in [3.05, 3.63) is 89.1 Å². The maximum Gasteiger partial charge on any atom is 0.160 e. The Morgan fingerprint density at radius 3 is 2.62 bits per heavy atom. The standard InChI is InChI=1S/C52H65N3O6/c1-61-47-28-39-13-16-48(59)52(22-17-35(25-49(52)60)32-51(20-5-6-21-51)41-26-40-12-15-43(57)30-45(40)55-33-41)23-18-36(44(39)31-46(47)58)11-14-42(56)27-37(38-19-24-54-50(53)29-38)10-9-34-7-3-2-4-8-34/h2-4,7-10,19,24,28-29,31,35-37,40-42,45,49,55-56,58,60H,5-6,11-17,20-22,25-27,30,32-33H2,1H3,(H2,53,54). The first-order valence-corrected chi connectivity index (χ1v) is 23.1. The predicted octanol–water partition coefficient (Wildman–Crippen LogP) is 8.45. The number of anilines is 1. The van der Waals surface area contributed by atoms with E-state index >= 15 is 0 Å². The third-order valence-electron chi connectivity index (χ3n) is 15.5. The number of nitrogen functional groups attached to an aromatic ring is 1. The van der Waals surface area contributed by atoms with Crippen LogP contribution in [0, 0.1) is 40.4 Å². The van der Waals surface area contributed by atoms with Gasteiger partial charge in [0.05, 0.1) is 19.3 Å². The average molecular weight is 828 g/mol. The number of aromatic hydroxyl groups is 1. The van der Waals surface area contributed by atoms with Gasteiger partial charge in [-0.3, -0.25) is 9.59 Å². The van der Waals surface area contributed by atoms with Crippen molar-refractivity contribution in [2.45, 2.75) is 139 Å². The van der Waals surface area contributed by atoms with E-state index in [0.29, 0.717) is 92.5 Å². The van der Waals surface area contributed by atoms with Gasteiger partial charge in [0.15, 0.2) is 17.3 Å². The third kappa shape index (κ3) is 9.62. The van der Waals surface area contributed by atoms with Gasteiger partial charge in [-0.15, -0.1) is 0 Å². The number of aliphatic hydroxyl groups is 2. The number of allylic oxidation sites excluding steroid dienone is 1. The van der Waals surface area contributed by atoms with E-state index in [-0.39, 0.29) is 35.2 Å². The van der Waals surface area contributed by atoms with Crippen LogP contribution >= 0.6 is 0 Å². The Kier molecular flexibility index (Phi) is 13.3. The Balaban J connectivity index is 1.01. The number of phenols is 1. The minimum atomic E-state index is -1.16. The summed E-state index contributed by atoms with van der Waals surface area (Å²) >= 11 is 0. The molecule has 0 radical (unpaired) electrons. The molecule has 0 amide bonds. The van der Waals surface area contributed by atoms with Crippen LogP contribution in [0.5, 0.6) is 11.5 Å². The molecule has 5 aliphatic rings. The molecule has 4 aliphatic carbocycles. The zero-order chi connectivity index (χ0) is 42.6. The fourth-order valence-corrected chi connectivity index (χ4v) is 12.1. The molecule has 61 heavy (non-hydrogen) atoms. The fraction of sp³-hybridized carbons (Fsp3) is 0.558. The summed E-state index contributed by atoms with van der Waals surface area (Å²) in [5.74, 6) is 9.08. The number of carbonyl (C=O) groups is 2. The summed E-state index contributed by atoms with van der Waals surface area (Å²) in [4.78, 5) is 30.8. The number of fused-ring (bicyclic) bond motifs is 2. The third-order valence-corrected chi connectivity index (χ3v) is 15.5. The molecule has 324 valence electrons. The van der Waals surface area contributed by atoms with Gasteiger partial charge in [0.1, 0.15) is 17.0 Å². The smallest absolute Gasteiger partial charge is 0.160 e. The Morgan fingerprint density at radius 2 is 1.85 bits per heavy atom. The van der Waals surface area contributed by atoms with Gasteiger partial charge in [-0.05, 0) is 153 Å². The number of Topliss-reactive ketones (excluding diaryl/α,β-unsaturated/α-hetero) is 2. The van der Waals surface area contributed by atoms with E-state index in [4.69, 9.17) is 10.5 Å². The molecule has 9 atom stereocenters. The van der Waals surface area contributed by atoms with Crippen LogP contribution in [-0.4, -0.2) is 63.8 Å². The summed E-state index contributed by atoms with van der Waals surface area (Å²) in [5.41, 5.74) is 8.93. The van der Waals surface area contributed by atoms with Crippen LogP contribution in [0.2, 0.25) is 0 Å². The van der Waals surface area contributed by atoms with Gasteiger partial charge in [-0.25, -0.2) is 4.98 Å². The van der Waals surface area contributed by atoms with Crippen LogP contribution in [0.4, 0.5) is 5.82 Å². The first kappa shape index (κ1) is 43.2. The molecule has 1 aliphatic heterocycles. The zero-order valence-corrected chi connectivity index (χ0v) is 35.9. The first-order valence-electron chi connectivity index (χ1n) is 23.1. The molecule has 9 unspecified atom stereocenters. The number of benzene rings is 2. The van der Waals surface area contributed by atoms with Gasteiger partial charge < -0.3 is 31.1 Å². The van der Waals surface area contributed by atoms with Crippen molar-refractivity contribution in [2.24, 2.45) is 28.6 Å². The number of aliphatic hydroxyl groups excluding tert-OH is 2. The molecule has 2 aromatic carbocycles. The van der Waals surface area contributed by atoms with E-state index < -0.39 is 17.6 Å². The highest BCUT2D eigenvalue weighted by molar-refractivity contribution is 5.89. The fourth-order valence-electron chi connectivity index (χ4n) is 12.1. The second kappa shape index (κ2) is 18.9. The molecule has 1 saturated heterocycles. The number of carbonyl (C=O) groups excluding carboxylic acids is 2. The quantitative estimate of drug-likeness (QED) is 0.113. The number of nitrogens with zero attached hydrogens (tertiary/aromatic N) is 1. The highest BCUT2D eigenvalue weighted by Crippen LogP contribution is 2.55. The molecular weight excluding hydrogens is 763 g/mol. The summed E-state index contributed by atoms with van der Waals surface area (Å²) in [5, 5.41) is 38.7. The molecule has 9 heteroatoms. The molecule has 8 rings (SSSR count). The number of pyridine rings is 1. The first-order chi connectivity index (χ1) is 29.5. The van der Waals surface area contributed by atoms with Crippen molar-refractivity contribution < 1.29 is 29.6 Å². The molecule has 2 heterocycles. The number of rotatable bonds is 12. The summed E-state index contributed by atoms with van der Waals surface area (Å²) < 4.78 is 5.51. The predicted molar refractivity (Wildman–Crippen MR) is 239 cm³/mol. The number of ether oxygens (including phenoxy) is 1. The molecule has 1 aromatic heterocycles. The zero-order valence-electron chi connectivity index (χ0n) is 35.9. The lowest BCUT2D eigenvalue weighted by Gasteiger charge is -2.49. The van der Waals surface area contributed by atoms with E-state index in [1.807, 2.05) is 48.5 Å². The number of phenolic OH excluding ortho intramolecular Hbond substituents is 1. The normalized spacial score (nSPS) is 29.7. The number of ketones is 2. The highest BCUT2D eigenvalue weighted by Gasteiger charge is 2.51. The van der Waals surface area contributed by atoms with Crippen molar-refractivity contribution in [1.82, 2.24) is 10.3 Å². The van der Waals surface area contributed by atoms with E-state index in [2.05, 4.69) is 34.3 Å². The highest BCUT2D eigenvalue weighted by atomic mass is 16.5. The number of aryl methyl sites for hydroxylation is 1. The van der Waals surface area contributed by atoms with Gasteiger partial charge in [0, 0.05) is 43.3 Å². The second-order valence-corrected chi connectivity index (χ2v) is 19.2. The summed E-state index contributed by atoms with van der Waals surface area (Å²) in [6, 6.07) is 17.7. The van der Waals surface area contributed by atoms with E-state index in [1.54, 1.807) is 12.3 Å². The maximum atomic E-state index is 14.4. The van der Waals surface area contributed by atoms with Gasteiger partial charge in [-0.1, -0.05) is 67.2 Å². The topological polar surface area (TPSA) is 155 Å². The van der Waals surface area contributed by atoms with Gasteiger partial charge >= 0.3 is 0 Å². The molecule has 1 spiro atoms. The number of piperidine rings is 1. The van der Waals surface area contributed by atoms with E-state index in [9.17, 15) is 24.9 Å². The largest absolute Gasteiger partial charge is 0.504 e. The number of hydrogen-bond donors (Lipinski definition) is 5. The molecule has 9 nitrogen and oxygen atoms in total. The molecule has 3 saturated carbocycles. The van der Waals surface area contributed by atoms with Crippen LogP contribution in [0.15, 0.2) is 66.9 Å². The van der Waals surface area contributed by atoms with Gasteiger partial charge in [-0.2, -0.15) is 0 Å². The minimum absolute atomic E-state index is 0.0114. The Morgan fingerprint density at radius 1 is 1.03 bits per heavy atom. The molecule has 3 aromatic rings. The number of aromatic nitrogens is 1. The van der Waals surface area contributed by atoms with Crippen molar-refractivity contribution in [3.8, 4) is 23.3 Å². The van der Waals surface area contributed by atoms with Crippen LogP contribution < -0.4 is 15.8 Å². The monoisotopic (exact) mass is 827 g/mol. The van der Waals surface area contributed by atoms with Gasteiger partial charge in [0.2, 0.25) is 0 Å². The molecule has 6 N–H and O–H groups in total. The summed E-state index contributed by atoms with van der Waals surface area (Å²) in [7, 11) is 1.52. The van der Waals surface area contributed by atoms with Crippen molar-refractivity contribution in [1.29, 1.82) is 0 Å². The number of nitrogens with one attached hydrogen (secondary N) is 1. The summed E-state index contributed by atoms with van der Waals surface area (Å²) in [6.07, 6.45) is 17.9. The lowest BCUT2D eigenvalue weighted by molar-refractivity contribution is -0.135. The van der Waals surface area contributed by atoms with Crippen LogP contribution in [-0.2, 0) is 16.0 Å². The lowest BCUT2D eigenvalue weighted by Crippen LogP contribution is -2.53. The average Bonchev–Trinajstić information content (AvgIpc) is 3.75. The second-order valence-electron chi connectivity index (χ2n) is 19.2. The van der Waals surface area contributed by atoms with E-state index in [0.717, 1.165) is 48.1 Å². The van der Waals surface area contributed by atoms with Crippen LogP contribution in [0.3, 0.4) is 0 Å². The summed E-state index contributed by atoms with van der Waals surface area (Å²) in [6.45, 7) is 0.970. The van der Waals surface area contributed by atoms with Crippen molar-refractivity contribution >= 4 is 23.5 Å². The Bertz CT molecular complexity index is 2120. The van der Waals surface area contributed by atoms with Gasteiger partial charge in [0.25, 0.3) is 0 Å². The Hall–Kier alpha value is -4.49.